The van der Waals surface area contributed by atoms with Crippen LogP contribution in [0.1, 0.15) is 18.4 Å². The van der Waals surface area contributed by atoms with E-state index in [-0.39, 0.29) is 11.8 Å². The Hall–Kier alpha value is -1.27. The van der Waals surface area contributed by atoms with Crippen molar-refractivity contribution in [1.29, 1.82) is 0 Å². The summed E-state index contributed by atoms with van der Waals surface area (Å²) in [6.07, 6.45) is 2.57. The van der Waals surface area contributed by atoms with Crippen LogP contribution in [-0.4, -0.2) is 45.7 Å². The van der Waals surface area contributed by atoms with E-state index in [9.17, 15) is 8.42 Å². The van der Waals surface area contributed by atoms with Crippen LogP contribution in [0, 0.1) is 0 Å². The summed E-state index contributed by atoms with van der Waals surface area (Å²) in [4.78, 5) is 0. The van der Waals surface area contributed by atoms with Gasteiger partial charge in [0.1, 0.15) is 13.2 Å². The van der Waals surface area contributed by atoms with Gasteiger partial charge in [-0.05, 0) is 43.5 Å². The van der Waals surface area contributed by atoms with Gasteiger partial charge in [-0.25, -0.2) is 8.42 Å². The van der Waals surface area contributed by atoms with E-state index in [0.29, 0.717) is 19.0 Å². The third-order valence-corrected chi connectivity index (χ3v) is 5.74. The third kappa shape index (κ3) is 3.89. The summed E-state index contributed by atoms with van der Waals surface area (Å²) >= 11 is 0. The molecule has 2 aliphatic heterocycles. The number of hydrogen-bond acceptors (Lipinski definition) is 5. The lowest BCUT2D eigenvalue weighted by Gasteiger charge is -2.23. The van der Waals surface area contributed by atoms with Gasteiger partial charge in [0, 0.05) is 6.04 Å². The van der Waals surface area contributed by atoms with E-state index in [0.717, 1.165) is 37.3 Å². The van der Waals surface area contributed by atoms with Gasteiger partial charge < -0.3 is 14.8 Å². The molecule has 1 aromatic carbocycles. The smallest absolute Gasteiger partial charge is 0.161 e. The second-order valence-electron chi connectivity index (χ2n) is 5.64. The Balaban J connectivity index is 1.51. The van der Waals surface area contributed by atoms with Gasteiger partial charge >= 0.3 is 0 Å². The van der Waals surface area contributed by atoms with Crippen molar-refractivity contribution in [3.63, 3.8) is 0 Å². The van der Waals surface area contributed by atoms with E-state index in [4.69, 9.17) is 9.47 Å². The predicted octanol–water partition coefficient (Wildman–Crippen LogP) is 1.17. The number of fused-ring (bicyclic) bond motifs is 1. The number of rotatable bonds is 4. The van der Waals surface area contributed by atoms with Gasteiger partial charge in [0.25, 0.3) is 0 Å². The van der Waals surface area contributed by atoms with Crippen molar-refractivity contribution < 1.29 is 17.9 Å². The van der Waals surface area contributed by atoms with Crippen molar-refractivity contribution in [3.8, 4) is 11.5 Å². The molecular formula is C15H21NO4S. The van der Waals surface area contributed by atoms with Crippen LogP contribution in [0.5, 0.6) is 11.5 Å². The van der Waals surface area contributed by atoms with E-state index in [1.54, 1.807) is 0 Å². The Kier molecular flexibility index (Phi) is 4.35. The molecule has 1 aromatic rings. The highest BCUT2D eigenvalue weighted by Gasteiger charge is 2.24. The number of hydrogen-bond donors (Lipinski definition) is 1. The van der Waals surface area contributed by atoms with Crippen LogP contribution in [0.3, 0.4) is 0 Å². The molecule has 0 aliphatic carbocycles. The van der Waals surface area contributed by atoms with E-state index < -0.39 is 9.84 Å². The van der Waals surface area contributed by atoms with Gasteiger partial charge in [0.15, 0.2) is 21.3 Å². The maximum Gasteiger partial charge on any atom is 0.161 e. The summed E-state index contributed by atoms with van der Waals surface area (Å²) in [5, 5.41) is 3.35. The number of ether oxygens (including phenoxy) is 2. The van der Waals surface area contributed by atoms with E-state index >= 15 is 0 Å². The van der Waals surface area contributed by atoms with Gasteiger partial charge in [0.2, 0.25) is 0 Å². The molecule has 2 heterocycles. The minimum atomic E-state index is -2.84. The topological polar surface area (TPSA) is 64.6 Å². The van der Waals surface area contributed by atoms with Gasteiger partial charge in [-0.2, -0.15) is 0 Å². The zero-order chi connectivity index (χ0) is 14.7. The first-order valence-corrected chi connectivity index (χ1v) is 9.27. The molecule has 1 unspecified atom stereocenters. The molecule has 5 nitrogen and oxygen atoms in total. The fourth-order valence-electron chi connectivity index (χ4n) is 2.85. The minimum Gasteiger partial charge on any atom is -0.486 e. The van der Waals surface area contributed by atoms with Crippen molar-refractivity contribution in [2.75, 3.05) is 31.3 Å². The van der Waals surface area contributed by atoms with Crippen molar-refractivity contribution in [2.24, 2.45) is 0 Å². The molecule has 0 amide bonds. The van der Waals surface area contributed by atoms with Crippen molar-refractivity contribution in [2.45, 2.75) is 25.3 Å². The molecule has 3 rings (SSSR count). The van der Waals surface area contributed by atoms with Crippen LogP contribution < -0.4 is 14.8 Å². The second-order valence-corrected chi connectivity index (χ2v) is 7.86. The highest BCUT2D eigenvalue weighted by Crippen LogP contribution is 2.30. The SMILES string of the molecule is O=S1(=O)CCCC(NCCc2ccc3c(c2)OCCO3)C1. The molecule has 1 atom stereocenters. The first-order valence-electron chi connectivity index (χ1n) is 7.45. The molecule has 1 saturated heterocycles. The predicted molar refractivity (Wildman–Crippen MR) is 80.8 cm³/mol. The first-order chi connectivity index (χ1) is 10.1. The van der Waals surface area contributed by atoms with Crippen LogP contribution in [0.2, 0.25) is 0 Å². The normalized spacial score (nSPS) is 23.7. The Labute approximate surface area is 125 Å². The summed E-state index contributed by atoms with van der Waals surface area (Å²) in [6.45, 7) is 1.97. The number of sulfone groups is 1. The standard InChI is InChI=1S/C15H21NO4S/c17-21(18)9-1-2-13(11-21)16-6-5-12-3-4-14-15(10-12)20-8-7-19-14/h3-4,10,13,16H,1-2,5-9,11H2. The van der Waals surface area contributed by atoms with Crippen molar-refractivity contribution in [3.05, 3.63) is 23.8 Å². The lowest BCUT2D eigenvalue weighted by molar-refractivity contribution is 0.171. The molecule has 1 N–H and O–H groups in total. The van der Waals surface area contributed by atoms with Crippen LogP contribution >= 0.6 is 0 Å². The summed E-state index contributed by atoms with van der Waals surface area (Å²) in [5.41, 5.74) is 1.17. The number of benzene rings is 1. The molecule has 116 valence electrons. The zero-order valence-corrected chi connectivity index (χ0v) is 12.8. The van der Waals surface area contributed by atoms with E-state index in [1.807, 2.05) is 18.2 Å². The molecule has 2 aliphatic rings. The van der Waals surface area contributed by atoms with Crippen molar-refractivity contribution in [1.82, 2.24) is 5.32 Å². The average molecular weight is 311 g/mol. The minimum absolute atomic E-state index is 0.0981. The molecule has 0 bridgehead atoms. The van der Waals surface area contributed by atoms with Crippen molar-refractivity contribution >= 4 is 9.84 Å². The molecule has 21 heavy (non-hydrogen) atoms. The first kappa shape index (κ1) is 14.7. The zero-order valence-electron chi connectivity index (χ0n) is 12.0. The van der Waals surface area contributed by atoms with Gasteiger partial charge in [-0.3, -0.25) is 0 Å². The fourth-order valence-corrected chi connectivity index (χ4v) is 4.52. The molecule has 1 fully saturated rings. The lowest BCUT2D eigenvalue weighted by Crippen LogP contribution is -2.40. The molecule has 0 saturated carbocycles. The summed E-state index contributed by atoms with van der Waals surface area (Å²) < 4.78 is 34.2. The van der Waals surface area contributed by atoms with Gasteiger partial charge in [-0.15, -0.1) is 0 Å². The number of nitrogens with one attached hydrogen (secondary N) is 1. The third-order valence-electron chi connectivity index (χ3n) is 3.92. The maximum absolute atomic E-state index is 11.6. The Morgan fingerprint density at radius 1 is 1.19 bits per heavy atom. The van der Waals surface area contributed by atoms with Crippen LogP contribution in [0.25, 0.3) is 0 Å². The fraction of sp³-hybridized carbons (Fsp3) is 0.600. The lowest BCUT2D eigenvalue weighted by atomic mass is 10.1. The summed E-state index contributed by atoms with van der Waals surface area (Å²) in [7, 11) is -2.84. The monoisotopic (exact) mass is 311 g/mol. The molecule has 0 aromatic heterocycles. The van der Waals surface area contributed by atoms with E-state index in [1.165, 1.54) is 5.56 Å². The summed E-state index contributed by atoms with van der Waals surface area (Å²) in [5.74, 6) is 2.22. The van der Waals surface area contributed by atoms with Crippen LogP contribution in [-0.2, 0) is 16.3 Å². The summed E-state index contributed by atoms with van der Waals surface area (Å²) in [6, 6.07) is 6.08. The quantitative estimate of drug-likeness (QED) is 0.904. The van der Waals surface area contributed by atoms with Crippen LogP contribution in [0.4, 0.5) is 0 Å². The second kappa shape index (κ2) is 6.23. The molecule has 0 radical (unpaired) electrons. The van der Waals surface area contributed by atoms with E-state index in [2.05, 4.69) is 5.32 Å². The van der Waals surface area contributed by atoms with Gasteiger partial charge in [-0.1, -0.05) is 6.07 Å². The highest BCUT2D eigenvalue weighted by atomic mass is 32.2. The molecule has 6 heteroatoms. The molecule has 0 spiro atoms. The average Bonchev–Trinajstić information content (AvgIpc) is 2.46. The van der Waals surface area contributed by atoms with Gasteiger partial charge in [0.05, 0.1) is 11.5 Å². The maximum atomic E-state index is 11.6. The van der Waals surface area contributed by atoms with Crippen LogP contribution in [0.15, 0.2) is 18.2 Å². The largest absolute Gasteiger partial charge is 0.486 e. The Morgan fingerprint density at radius 3 is 2.81 bits per heavy atom. The Bertz CT molecular complexity index is 600. The Morgan fingerprint density at radius 2 is 2.00 bits per heavy atom. The molecular weight excluding hydrogens is 290 g/mol. The highest BCUT2D eigenvalue weighted by molar-refractivity contribution is 7.91.